The molecule has 0 spiro atoms. The molecule has 0 aromatic carbocycles. The summed E-state index contributed by atoms with van der Waals surface area (Å²) < 4.78 is 0. The third kappa shape index (κ3) is 1.77. The van der Waals surface area contributed by atoms with E-state index >= 15 is 0 Å². The zero-order valence-corrected chi connectivity index (χ0v) is 5.99. The van der Waals surface area contributed by atoms with Crippen molar-refractivity contribution in [1.82, 2.24) is 0 Å². The highest BCUT2D eigenvalue weighted by atomic mass is 16.6. The standard InChI is InChI=1S/C7H8N2O2/c8-5-6-1-3-7(4-2-6)9(10)11/h3,6H,1-2,4H2. The van der Waals surface area contributed by atoms with Crippen molar-refractivity contribution in [3.05, 3.63) is 21.9 Å². The first-order valence-corrected chi connectivity index (χ1v) is 3.47. The van der Waals surface area contributed by atoms with Gasteiger partial charge < -0.3 is 0 Å². The van der Waals surface area contributed by atoms with Gasteiger partial charge in [-0.3, -0.25) is 10.1 Å². The summed E-state index contributed by atoms with van der Waals surface area (Å²) in [5.74, 6) is -0.0151. The number of rotatable bonds is 1. The number of hydrogen-bond donors (Lipinski definition) is 0. The summed E-state index contributed by atoms with van der Waals surface area (Å²) in [6, 6.07) is 2.10. The molecule has 4 nitrogen and oxygen atoms in total. The van der Waals surface area contributed by atoms with Gasteiger partial charge in [-0.25, -0.2) is 0 Å². The van der Waals surface area contributed by atoms with Crippen LogP contribution < -0.4 is 0 Å². The van der Waals surface area contributed by atoms with E-state index in [1.807, 2.05) is 0 Å². The van der Waals surface area contributed by atoms with Gasteiger partial charge in [0.2, 0.25) is 5.70 Å². The third-order valence-corrected chi connectivity index (χ3v) is 1.80. The molecule has 0 bridgehead atoms. The Labute approximate surface area is 64.3 Å². The van der Waals surface area contributed by atoms with Crippen LogP contribution in [0.15, 0.2) is 11.8 Å². The van der Waals surface area contributed by atoms with Gasteiger partial charge in [-0.2, -0.15) is 5.26 Å². The summed E-state index contributed by atoms with van der Waals surface area (Å²) in [4.78, 5) is 9.84. The van der Waals surface area contributed by atoms with Crippen LogP contribution in [0.25, 0.3) is 0 Å². The van der Waals surface area contributed by atoms with Crippen LogP contribution in [0.2, 0.25) is 0 Å². The van der Waals surface area contributed by atoms with Crippen LogP contribution in [-0.2, 0) is 0 Å². The smallest absolute Gasteiger partial charge is 0.242 e. The summed E-state index contributed by atoms with van der Waals surface area (Å²) >= 11 is 0. The Morgan fingerprint density at radius 1 is 1.82 bits per heavy atom. The van der Waals surface area contributed by atoms with E-state index in [2.05, 4.69) is 6.07 Å². The number of nitrogens with zero attached hydrogens (tertiary/aromatic N) is 2. The fourth-order valence-corrected chi connectivity index (χ4v) is 1.10. The summed E-state index contributed by atoms with van der Waals surface area (Å²) in [5.41, 5.74) is 0.261. The topological polar surface area (TPSA) is 66.9 Å². The quantitative estimate of drug-likeness (QED) is 0.422. The molecule has 4 heteroatoms. The van der Waals surface area contributed by atoms with Crippen LogP contribution in [-0.4, -0.2) is 4.92 Å². The molecule has 0 amide bonds. The average Bonchev–Trinajstić information content (AvgIpc) is 2.05. The van der Waals surface area contributed by atoms with Crippen molar-refractivity contribution in [2.45, 2.75) is 19.3 Å². The van der Waals surface area contributed by atoms with Gasteiger partial charge in [0.05, 0.1) is 16.9 Å². The lowest BCUT2D eigenvalue weighted by Gasteiger charge is -2.09. The van der Waals surface area contributed by atoms with Crippen LogP contribution in [0.3, 0.4) is 0 Å². The molecular weight excluding hydrogens is 144 g/mol. The van der Waals surface area contributed by atoms with Crippen molar-refractivity contribution in [3.8, 4) is 6.07 Å². The molecule has 1 atom stereocenters. The average molecular weight is 152 g/mol. The van der Waals surface area contributed by atoms with Gasteiger partial charge in [-0.1, -0.05) is 0 Å². The molecule has 0 fully saturated rings. The SMILES string of the molecule is N#CC1CC=C([N+](=O)[O-])CC1. The molecule has 11 heavy (non-hydrogen) atoms. The van der Waals surface area contributed by atoms with Crippen molar-refractivity contribution in [1.29, 1.82) is 5.26 Å². The number of allylic oxidation sites excluding steroid dienone is 2. The second-order valence-electron chi connectivity index (χ2n) is 2.55. The Balaban J connectivity index is 2.59. The molecule has 58 valence electrons. The predicted molar refractivity (Wildman–Crippen MR) is 38.0 cm³/mol. The second kappa shape index (κ2) is 3.15. The normalized spacial score (nSPS) is 23.5. The molecule has 0 aromatic heterocycles. The molecule has 0 saturated heterocycles. The predicted octanol–water partition coefficient (Wildman–Crippen LogP) is 1.47. The zero-order valence-electron chi connectivity index (χ0n) is 5.99. The van der Waals surface area contributed by atoms with Gasteiger partial charge in [-0.05, 0) is 18.9 Å². The van der Waals surface area contributed by atoms with Gasteiger partial charge in [-0.15, -0.1) is 0 Å². The highest BCUT2D eigenvalue weighted by Gasteiger charge is 2.19. The molecule has 0 heterocycles. The Morgan fingerprint density at radius 3 is 2.91 bits per heavy atom. The Bertz CT molecular complexity index is 239. The maximum atomic E-state index is 10.2. The van der Waals surface area contributed by atoms with Crippen LogP contribution in [0.4, 0.5) is 0 Å². The van der Waals surface area contributed by atoms with E-state index in [1.165, 1.54) is 0 Å². The van der Waals surface area contributed by atoms with Crippen molar-refractivity contribution in [2.75, 3.05) is 0 Å². The minimum atomic E-state index is -0.367. The van der Waals surface area contributed by atoms with E-state index in [0.717, 1.165) is 0 Å². The number of nitriles is 1. The third-order valence-electron chi connectivity index (χ3n) is 1.80. The highest BCUT2D eigenvalue weighted by Crippen LogP contribution is 2.22. The van der Waals surface area contributed by atoms with Crippen molar-refractivity contribution in [2.24, 2.45) is 5.92 Å². The van der Waals surface area contributed by atoms with Crippen molar-refractivity contribution < 1.29 is 4.92 Å². The lowest BCUT2D eigenvalue weighted by molar-refractivity contribution is -0.429. The summed E-state index contributed by atoms with van der Waals surface area (Å²) in [6.45, 7) is 0. The van der Waals surface area contributed by atoms with E-state index in [-0.39, 0.29) is 16.5 Å². The van der Waals surface area contributed by atoms with E-state index in [1.54, 1.807) is 6.08 Å². The maximum Gasteiger partial charge on any atom is 0.242 e. The Hall–Kier alpha value is -1.37. The lowest BCUT2D eigenvalue weighted by Crippen LogP contribution is -2.08. The van der Waals surface area contributed by atoms with E-state index in [0.29, 0.717) is 19.3 Å². The maximum absolute atomic E-state index is 10.2. The van der Waals surface area contributed by atoms with Gasteiger partial charge >= 0.3 is 0 Å². The summed E-state index contributed by atoms with van der Waals surface area (Å²) in [6.07, 6.45) is 3.15. The molecular formula is C7H8N2O2. The molecule has 0 aromatic rings. The number of hydrogen-bond acceptors (Lipinski definition) is 3. The van der Waals surface area contributed by atoms with E-state index in [4.69, 9.17) is 5.26 Å². The van der Waals surface area contributed by atoms with Crippen LogP contribution in [0.5, 0.6) is 0 Å². The van der Waals surface area contributed by atoms with E-state index in [9.17, 15) is 10.1 Å². The minimum absolute atomic E-state index is 0.0151. The first-order chi connectivity index (χ1) is 5.24. The largest absolute Gasteiger partial charge is 0.259 e. The minimum Gasteiger partial charge on any atom is -0.259 e. The molecule has 1 aliphatic rings. The van der Waals surface area contributed by atoms with Crippen LogP contribution >= 0.6 is 0 Å². The first kappa shape index (κ1) is 7.73. The lowest BCUT2D eigenvalue weighted by atomic mass is 9.94. The van der Waals surface area contributed by atoms with Gasteiger partial charge in [0.15, 0.2) is 0 Å². The highest BCUT2D eigenvalue weighted by molar-refractivity contribution is 5.02. The summed E-state index contributed by atoms with van der Waals surface area (Å²) in [7, 11) is 0. The van der Waals surface area contributed by atoms with Gasteiger partial charge in [0.25, 0.3) is 0 Å². The first-order valence-electron chi connectivity index (χ1n) is 3.47. The van der Waals surface area contributed by atoms with Gasteiger partial charge in [0, 0.05) is 6.42 Å². The zero-order chi connectivity index (χ0) is 8.27. The molecule has 0 radical (unpaired) electrons. The molecule has 1 aliphatic carbocycles. The molecule has 1 rings (SSSR count). The fraction of sp³-hybridized carbons (Fsp3) is 0.571. The molecule has 0 aliphatic heterocycles. The summed E-state index contributed by atoms with van der Waals surface area (Å²) in [5, 5.41) is 18.7. The Kier molecular flexibility index (Phi) is 2.21. The Morgan fingerprint density at radius 2 is 2.55 bits per heavy atom. The van der Waals surface area contributed by atoms with Crippen molar-refractivity contribution in [3.63, 3.8) is 0 Å². The number of nitro groups is 1. The van der Waals surface area contributed by atoms with Crippen LogP contribution in [0.1, 0.15) is 19.3 Å². The molecule has 0 saturated carbocycles. The van der Waals surface area contributed by atoms with E-state index < -0.39 is 0 Å². The monoisotopic (exact) mass is 152 g/mol. The van der Waals surface area contributed by atoms with Crippen molar-refractivity contribution >= 4 is 0 Å². The second-order valence-corrected chi connectivity index (χ2v) is 2.55. The van der Waals surface area contributed by atoms with Crippen LogP contribution in [0, 0.1) is 27.4 Å². The molecule has 1 unspecified atom stereocenters. The fourth-order valence-electron chi connectivity index (χ4n) is 1.10. The van der Waals surface area contributed by atoms with Gasteiger partial charge in [0.1, 0.15) is 0 Å². The molecule has 0 N–H and O–H groups in total.